The van der Waals surface area contributed by atoms with E-state index in [1.807, 2.05) is 18.2 Å². The third kappa shape index (κ3) is 3.31. The van der Waals surface area contributed by atoms with Gasteiger partial charge < -0.3 is 29.8 Å². The van der Waals surface area contributed by atoms with E-state index in [1.165, 1.54) is 11.3 Å². The summed E-state index contributed by atoms with van der Waals surface area (Å²) in [6, 6.07) is 11.1. The molecule has 0 aliphatic heterocycles. The number of carbonyl (C=O) groups is 1. The first-order valence-electron chi connectivity index (χ1n) is 9.08. The van der Waals surface area contributed by atoms with Crippen LogP contribution in [0.3, 0.4) is 0 Å². The molecule has 2 amide bonds. The number of aromatic nitrogens is 1. The highest BCUT2D eigenvalue weighted by Crippen LogP contribution is 2.33. The van der Waals surface area contributed by atoms with Crippen molar-refractivity contribution in [3.63, 3.8) is 0 Å². The summed E-state index contributed by atoms with van der Waals surface area (Å²) >= 11 is 0. The molecule has 146 valence electrons. The number of carbonyl (C=O) groups excluding carboxylic acids is 1. The SMILES string of the molecule is COc1ccc2[nH]c3c(c2c1)CC(NC(=O)Nc1ccc(OC)c(OC)c1)C3. The fraction of sp³-hybridized carbons (Fsp3) is 0.286. The van der Waals surface area contributed by atoms with E-state index in [1.54, 1.807) is 39.5 Å². The van der Waals surface area contributed by atoms with Gasteiger partial charge in [0.25, 0.3) is 0 Å². The molecule has 3 N–H and O–H groups in total. The number of nitrogens with one attached hydrogen (secondary N) is 3. The van der Waals surface area contributed by atoms with Crippen LogP contribution in [0, 0.1) is 0 Å². The van der Waals surface area contributed by atoms with Crippen molar-refractivity contribution in [1.82, 2.24) is 10.3 Å². The first-order valence-corrected chi connectivity index (χ1v) is 9.08. The number of hydrogen-bond acceptors (Lipinski definition) is 4. The molecule has 0 fully saturated rings. The molecule has 0 bridgehead atoms. The Kier molecular flexibility index (Phi) is 4.73. The lowest BCUT2D eigenvalue weighted by Gasteiger charge is -2.15. The van der Waals surface area contributed by atoms with Crippen LogP contribution < -0.4 is 24.8 Å². The minimum absolute atomic E-state index is 0.0389. The van der Waals surface area contributed by atoms with Crippen LogP contribution in [0.15, 0.2) is 36.4 Å². The molecule has 0 saturated carbocycles. The molecule has 1 unspecified atom stereocenters. The van der Waals surface area contributed by atoms with Crippen LogP contribution in [-0.4, -0.2) is 38.4 Å². The van der Waals surface area contributed by atoms with Gasteiger partial charge in [-0.2, -0.15) is 0 Å². The Bertz CT molecular complexity index is 1030. The van der Waals surface area contributed by atoms with Crippen molar-refractivity contribution in [2.24, 2.45) is 0 Å². The Balaban J connectivity index is 1.43. The van der Waals surface area contributed by atoms with Crippen molar-refractivity contribution in [3.8, 4) is 17.2 Å². The maximum absolute atomic E-state index is 12.4. The van der Waals surface area contributed by atoms with E-state index in [4.69, 9.17) is 14.2 Å². The van der Waals surface area contributed by atoms with Crippen molar-refractivity contribution in [2.45, 2.75) is 18.9 Å². The number of hydrogen-bond donors (Lipinski definition) is 3. The van der Waals surface area contributed by atoms with Gasteiger partial charge in [-0.05, 0) is 42.3 Å². The number of rotatable bonds is 5. The molecule has 1 aliphatic carbocycles. The second-order valence-electron chi connectivity index (χ2n) is 6.77. The lowest BCUT2D eigenvalue weighted by molar-refractivity contribution is 0.248. The highest BCUT2D eigenvalue weighted by molar-refractivity contribution is 5.91. The maximum atomic E-state index is 12.4. The minimum atomic E-state index is -0.246. The fourth-order valence-electron chi connectivity index (χ4n) is 3.75. The van der Waals surface area contributed by atoms with Crippen LogP contribution in [0.1, 0.15) is 11.3 Å². The predicted molar refractivity (Wildman–Crippen MR) is 108 cm³/mol. The van der Waals surface area contributed by atoms with Crippen LogP contribution in [0.2, 0.25) is 0 Å². The molecule has 1 aliphatic rings. The summed E-state index contributed by atoms with van der Waals surface area (Å²) in [6.07, 6.45) is 1.55. The summed E-state index contributed by atoms with van der Waals surface area (Å²) in [5.41, 5.74) is 4.14. The van der Waals surface area contributed by atoms with Crippen molar-refractivity contribution >= 4 is 22.6 Å². The molecular formula is C21H23N3O4. The topological polar surface area (TPSA) is 84.6 Å². The molecule has 4 rings (SSSR count). The standard InChI is InChI=1S/C21H23N3O4/c1-26-14-5-6-17-16(11-14)15-8-13(9-18(15)24-17)23-21(25)22-12-4-7-19(27-2)20(10-12)28-3/h4-7,10-11,13,24H,8-9H2,1-3H3,(H2,22,23,25). The number of fused-ring (bicyclic) bond motifs is 3. The Morgan fingerprint density at radius 3 is 2.57 bits per heavy atom. The van der Waals surface area contributed by atoms with Crippen LogP contribution in [0.25, 0.3) is 10.9 Å². The molecule has 0 saturated heterocycles. The normalized spacial score (nSPS) is 15.2. The summed E-state index contributed by atoms with van der Waals surface area (Å²) in [5.74, 6) is 2.01. The van der Waals surface area contributed by atoms with Crippen molar-refractivity contribution in [3.05, 3.63) is 47.7 Å². The Labute approximate surface area is 163 Å². The summed E-state index contributed by atoms with van der Waals surface area (Å²) in [4.78, 5) is 15.9. The average Bonchev–Trinajstić information content (AvgIpc) is 3.24. The molecule has 0 spiro atoms. The largest absolute Gasteiger partial charge is 0.497 e. The average molecular weight is 381 g/mol. The molecule has 0 radical (unpaired) electrons. The van der Waals surface area contributed by atoms with Crippen molar-refractivity contribution < 1.29 is 19.0 Å². The lowest BCUT2D eigenvalue weighted by Crippen LogP contribution is -2.38. The monoisotopic (exact) mass is 381 g/mol. The highest BCUT2D eigenvalue weighted by Gasteiger charge is 2.27. The van der Waals surface area contributed by atoms with Gasteiger partial charge in [-0.3, -0.25) is 0 Å². The Morgan fingerprint density at radius 1 is 1.00 bits per heavy atom. The zero-order chi connectivity index (χ0) is 19.7. The summed E-state index contributed by atoms with van der Waals surface area (Å²) in [6.45, 7) is 0. The van der Waals surface area contributed by atoms with E-state index >= 15 is 0 Å². The summed E-state index contributed by atoms with van der Waals surface area (Å²) in [5, 5.41) is 7.05. The smallest absolute Gasteiger partial charge is 0.319 e. The first kappa shape index (κ1) is 18.0. The molecule has 1 heterocycles. The van der Waals surface area contributed by atoms with E-state index in [2.05, 4.69) is 15.6 Å². The van der Waals surface area contributed by atoms with Gasteiger partial charge in [0.15, 0.2) is 11.5 Å². The number of aromatic amines is 1. The van der Waals surface area contributed by atoms with Gasteiger partial charge in [0.1, 0.15) is 5.75 Å². The van der Waals surface area contributed by atoms with Crippen molar-refractivity contribution in [2.75, 3.05) is 26.6 Å². The van der Waals surface area contributed by atoms with Crippen LogP contribution in [0.4, 0.5) is 10.5 Å². The fourth-order valence-corrected chi connectivity index (χ4v) is 3.75. The van der Waals surface area contributed by atoms with Crippen LogP contribution in [0.5, 0.6) is 17.2 Å². The number of amides is 2. The predicted octanol–water partition coefficient (Wildman–Crippen LogP) is 3.48. The van der Waals surface area contributed by atoms with E-state index < -0.39 is 0 Å². The highest BCUT2D eigenvalue weighted by atomic mass is 16.5. The zero-order valence-corrected chi connectivity index (χ0v) is 16.1. The van der Waals surface area contributed by atoms with Gasteiger partial charge in [-0.25, -0.2) is 4.79 Å². The van der Waals surface area contributed by atoms with Crippen LogP contribution in [-0.2, 0) is 12.8 Å². The number of H-pyrrole nitrogens is 1. The van der Waals surface area contributed by atoms with Gasteiger partial charge in [0.05, 0.1) is 21.3 Å². The van der Waals surface area contributed by atoms with Gasteiger partial charge in [-0.1, -0.05) is 0 Å². The molecule has 28 heavy (non-hydrogen) atoms. The summed E-state index contributed by atoms with van der Waals surface area (Å²) < 4.78 is 15.8. The molecule has 1 atom stereocenters. The first-order chi connectivity index (χ1) is 13.6. The van der Waals surface area contributed by atoms with Gasteiger partial charge in [0, 0.05) is 40.8 Å². The molecule has 1 aromatic heterocycles. The zero-order valence-electron chi connectivity index (χ0n) is 16.1. The van der Waals surface area contributed by atoms with E-state index in [0.717, 1.165) is 29.5 Å². The Morgan fingerprint density at radius 2 is 1.82 bits per heavy atom. The number of methoxy groups -OCH3 is 3. The third-order valence-electron chi connectivity index (χ3n) is 5.08. The molecule has 2 aromatic carbocycles. The lowest BCUT2D eigenvalue weighted by atomic mass is 10.1. The molecule has 3 aromatic rings. The second-order valence-corrected chi connectivity index (χ2v) is 6.77. The third-order valence-corrected chi connectivity index (χ3v) is 5.08. The quantitative estimate of drug-likeness (QED) is 0.632. The van der Waals surface area contributed by atoms with Gasteiger partial charge in [-0.15, -0.1) is 0 Å². The van der Waals surface area contributed by atoms with E-state index in [0.29, 0.717) is 17.2 Å². The number of ether oxygens (including phenoxy) is 3. The van der Waals surface area contributed by atoms with E-state index in [-0.39, 0.29) is 12.1 Å². The number of urea groups is 1. The minimum Gasteiger partial charge on any atom is -0.497 e. The number of anilines is 1. The van der Waals surface area contributed by atoms with Gasteiger partial charge in [0.2, 0.25) is 0 Å². The molecule has 7 heteroatoms. The maximum Gasteiger partial charge on any atom is 0.319 e. The van der Waals surface area contributed by atoms with Crippen molar-refractivity contribution in [1.29, 1.82) is 0 Å². The summed E-state index contributed by atoms with van der Waals surface area (Å²) in [7, 11) is 4.80. The van der Waals surface area contributed by atoms with E-state index in [9.17, 15) is 4.79 Å². The molecular weight excluding hydrogens is 358 g/mol. The van der Waals surface area contributed by atoms with Crippen LogP contribution >= 0.6 is 0 Å². The van der Waals surface area contributed by atoms with Gasteiger partial charge >= 0.3 is 6.03 Å². The molecule has 7 nitrogen and oxygen atoms in total. The second kappa shape index (κ2) is 7.34. The number of benzene rings is 2. The Hall–Kier alpha value is -3.35.